The molecule has 1 aromatic heterocycles. The number of nitrogens with two attached hydrogens (primary N) is 1. The van der Waals surface area contributed by atoms with Crippen LogP contribution in [0.5, 0.6) is 5.75 Å². The summed E-state index contributed by atoms with van der Waals surface area (Å²) in [6.45, 7) is 3.19. The summed E-state index contributed by atoms with van der Waals surface area (Å²) in [7, 11) is -4.72. The number of alkyl halides is 2. The third kappa shape index (κ3) is 6.61. The number of anilines is 1. The second kappa shape index (κ2) is 12.4. The summed E-state index contributed by atoms with van der Waals surface area (Å²) in [4.78, 5) is 28.2. The predicted molar refractivity (Wildman–Crippen MR) is 146 cm³/mol. The fourth-order valence-corrected chi connectivity index (χ4v) is 5.80. The van der Waals surface area contributed by atoms with E-state index in [0.717, 1.165) is 17.6 Å². The third-order valence-corrected chi connectivity index (χ3v) is 8.04. The number of hydrogen-bond acceptors (Lipinski definition) is 11. The molecule has 1 aliphatic heterocycles. The zero-order chi connectivity index (χ0) is 30.8. The number of fused-ring (bicyclic) bond motifs is 1. The zero-order valence-electron chi connectivity index (χ0n) is 22.8. The number of hydrogen-bond donors (Lipinski definition) is 4. The van der Waals surface area contributed by atoms with Gasteiger partial charge in [0.1, 0.15) is 29.8 Å². The molecule has 6 atom stereocenters. The highest BCUT2D eigenvalue weighted by molar-refractivity contribution is 7.52. The number of ether oxygens (including phenoxy) is 2. The Bertz CT molecular complexity index is 1540. The van der Waals surface area contributed by atoms with Crippen molar-refractivity contribution in [2.45, 2.75) is 63.4 Å². The summed E-state index contributed by atoms with van der Waals surface area (Å²) >= 11 is 0. The molecule has 2 heterocycles. The van der Waals surface area contributed by atoms with Crippen molar-refractivity contribution in [2.75, 3.05) is 12.3 Å². The number of halogens is 2. The highest BCUT2D eigenvalue weighted by atomic mass is 31.2. The molecular weight excluding hydrogens is 581 g/mol. The number of rotatable bonds is 11. The lowest BCUT2D eigenvalue weighted by Gasteiger charge is -2.32. The maximum absolute atomic E-state index is 14.6. The van der Waals surface area contributed by atoms with Crippen molar-refractivity contribution >= 4 is 30.3 Å². The SMILES string of the molecule is CC(C)OC(=O)C(C)NP(=O)(OCC1(C(F)F)OC(n2ccc(N)nc2=O)C(O)C1O)Oc1ccc2ccccc2c1. The van der Waals surface area contributed by atoms with Crippen LogP contribution in [0, 0.1) is 0 Å². The number of aliphatic hydroxyl groups is 2. The second-order valence-electron chi connectivity index (χ2n) is 9.95. The van der Waals surface area contributed by atoms with Crippen LogP contribution in [0.4, 0.5) is 14.6 Å². The Morgan fingerprint density at radius 3 is 2.52 bits per heavy atom. The molecule has 4 rings (SSSR count). The smallest absolute Gasteiger partial charge is 0.459 e. The first-order chi connectivity index (χ1) is 19.7. The predicted octanol–water partition coefficient (Wildman–Crippen LogP) is 2.37. The van der Waals surface area contributed by atoms with Gasteiger partial charge in [-0.25, -0.2) is 18.1 Å². The first-order valence-electron chi connectivity index (χ1n) is 12.8. The van der Waals surface area contributed by atoms with E-state index in [9.17, 15) is 33.1 Å². The molecule has 6 unspecified atom stereocenters. The molecule has 2 aromatic carbocycles. The average Bonchev–Trinajstić information content (AvgIpc) is 3.17. The van der Waals surface area contributed by atoms with Crippen molar-refractivity contribution < 1.29 is 46.9 Å². The number of nitrogens with one attached hydrogen (secondary N) is 1. The topological polar surface area (TPSA) is 184 Å². The molecule has 16 heteroatoms. The summed E-state index contributed by atoms with van der Waals surface area (Å²) in [6, 6.07) is 11.7. The minimum absolute atomic E-state index is 0.00496. The van der Waals surface area contributed by atoms with Crippen LogP contribution in [0.3, 0.4) is 0 Å². The van der Waals surface area contributed by atoms with Gasteiger partial charge in [0.2, 0.25) is 0 Å². The summed E-state index contributed by atoms with van der Waals surface area (Å²) in [5.74, 6) is -0.997. The lowest BCUT2D eigenvalue weighted by Crippen LogP contribution is -2.53. The Kier molecular flexibility index (Phi) is 9.30. The van der Waals surface area contributed by atoms with E-state index in [0.29, 0.717) is 9.95 Å². The van der Waals surface area contributed by atoms with E-state index in [4.69, 9.17) is 24.3 Å². The molecule has 1 fully saturated rings. The Balaban J connectivity index is 1.65. The Morgan fingerprint density at radius 1 is 1.19 bits per heavy atom. The van der Waals surface area contributed by atoms with E-state index in [1.165, 1.54) is 19.1 Å². The number of aliphatic hydroxyl groups excluding tert-OH is 2. The van der Waals surface area contributed by atoms with E-state index in [-0.39, 0.29) is 11.6 Å². The van der Waals surface area contributed by atoms with Gasteiger partial charge in [0.15, 0.2) is 11.8 Å². The number of nitrogens with zero attached hydrogens (tertiary/aromatic N) is 2. The standard InChI is InChI=1S/C26H31F2N4O9P/c1-14(2)39-23(35)15(3)31-42(37,41-18-9-8-16-6-4-5-7-17(16)12-18)38-13-26(24(27)28)21(34)20(33)22(40-26)32-11-10-19(29)30-25(32)36/h4-12,14-15,20-22,24,33-34H,13H2,1-3H3,(H,31,37)(H2,29,30,36). The minimum Gasteiger partial charge on any atom is -0.462 e. The van der Waals surface area contributed by atoms with Crippen molar-refractivity contribution in [3.63, 3.8) is 0 Å². The molecule has 0 aliphatic carbocycles. The number of carbonyl (C=O) groups excluding carboxylic acids is 1. The van der Waals surface area contributed by atoms with Crippen LogP contribution in [0.2, 0.25) is 0 Å². The lowest BCUT2D eigenvalue weighted by molar-refractivity contribution is -0.192. The van der Waals surface area contributed by atoms with Crippen LogP contribution >= 0.6 is 7.75 Å². The Hall–Kier alpha value is -3.46. The molecule has 0 radical (unpaired) electrons. The molecule has 1 aliphatic rings. The molecule has 0 bridgehead atoms. The maximum Gasteiger partial charge on any atom is 0.459 e. The molecule has 0 saturated carbocycles. The van der Waals surface area contributed by atoms with Crippen molar-refractivity contribution in [1.82, 2.24) is 14.6 Å². The first kappa shape index (κ1) is 31.5. The van der Waals surface area contributed by atoms with Crippen LogP contribution in [-0.2, 0) is 23.4 Å². The van der Waals surface area contributed by atoms with E-state index in [1.54, 1.807) is 32.0 Å². The summed E-state index contributed by atoms with van der Waals surface area (Å²) in [5, 5.41) is 25.2. The number of nitrogen functional groups attached to an aromatic ring is 1. The van der Waals surface area contributed by atoms with Gasteiger partial charge in [-0.05, 0) is 49.7 Å². The molecule has 228 valence electrons. The van der Waals surface area contributed by atoms with Crippen LogP contribution in [-0.4, -0.2) is 68.7 Å². The molecule has 3 aromatic rings. The van der Waals surface area contributed by atoms with E-state index in [2.05, 4.69) is 10.1 Å². The highest BCUT2D eigenvalue weighted by Crippen LogP contribution is 2.49. The largest absolute Gasteiger partial charge is 0.462 e. The summed E-state index contributed by atoms with van der Waals surface area (Å²) in [5.41, 5.74) is 1.44. The van der Waals surface area contributed by atoms with Gasteiger partial charge < -0.3 is 29.9 Å². The first-order valence-corrected chi connectivity index (χ1v) is 14.4. The van der Waals surface area contributed by atoms with Gasteiger partial charge in [-0.2, -0.15) is 10.1 Å². The zero-order valence-corrected chi connectivity index (χ0v) is 23.7. The summed E-state index contributed by atoms with van der Waals surface area (Å²) in [6.07, 6.45) is -9.21. The molecule has 1 saturated heterocycles. The lowest BCUT2D eigenvalue weighted by atomic mass is 9.96. The van der Waals surface area contributed by atoms with Gasteiger partial charge >= 0.3 is 19.4 Å². The number of esters is 1. The van der Waals surface area contributed by atoms with Crippen molar-refractivity contribution in [1.29, 1.82) is 0 Å². The molecule has 13 nitrogen and oxygen atoms in total. The monoisotopic (exact) mass is 612 g/mol. The van der Waals surface area contributed by atoms with E-state index in [1.807, 2.05) is 12.1 Å². The van der Waals surface area contributed by atoms with Crippen LogP contribution in [0.1, 0.15) is 27.0 Å². The number of benzene rings is 2. The van der Waals surface area contributed by atoms with E-state index < -0.39 is 68.6 Å². The van der Waals surface area contributed by atoms with Crippen molar-refractivity contribution in [3.05, 3.63) is 65.2 Å². The number of carbonyl (C=O) groups is 1. The maximum atomic E-state index is 14.6. The Labute approximate surface area is 238 Å². The van der Waals surface area contributed by atoms with Crippen LogP contribution in [0.15, 0.2) is 59.5 Å². The molecule has 42 heavy (non-hydrogen) atoms. The molecule has 5 N–H and O–H groups in total. The fourth-order valence-electron chi connectivity index (χ4n) is 4.28. The van der Waals surface area contributed by atoms with Crippen LogP contribution < -0.4 is 21.0 Å². The quantitative estimate of drug-likeness (QED) is 0.183. The minimum atomic E-state index is -4.72. The van der Waals surface area contributed by atoms with Crippen molar-refractivity contribution in [3.8, 4) is 5.75 Å². The van der Waals surface area contributed by atoms with Gasteiger partial charge in [0, 0.05) is 6.20 Å². The fraction of sp³-hybridized carbons (Fsp3) is 0.423. The highest BCUT2D eigenvalue weighted by Gasteiger charge is 2.61. The summed E-state index contributed by atoms with van der Waals surface area (Å²) < 4.78 is 65.3. The van der Waals surface area contributed by atoms with Gasteiger partial charge in [0.05, 0.1) is 12.7 Å². The molecule has 0 amide bonds. The van der Waals surface area contributed by atoms with Gasteiger partial charge in [0.25, 0.3) is 6.43 Å². The Morgan fingerprint density at radius 2 is 1.88 bits per heavy atom. The second-order valence-corrected chi connectivity index (χ2v) is 11.6. The van der Waals surface area contributed by atoms with Crippen LogP contribution in [0.25, 0.3) is 10.8 Å². The molecular formula is C26H31F2N4O9P. The van der Waals surface area contributed by atoms with Crippen molar-refractivity contribution in [2.24, 2.45) is 0 Å². The average molecular weight is 613 g/mol. The van der Waals surface area contributed by atoms with Gasteiger partial charge in [-0.3, -0.25) is 13.9 Å². The third-order valence-electron chi connectivity index (χ3n) is 6.42. The molecule has 0 spiro atoms. The van der Waals surface area contributed by atoms with Gasteiger partial charge in [-0.15, -0.1) is 0 Å². The van der Waals surface area contributed by atoms with E-state index >= 15 is 0 Å². The normalized spacial score (nSPS) is 24.5. The number of aromatic nitrogens is 2. The van der Waals surface area contributed by atoms with Gasteiger partial charge in [-0.1, -0.05) is 30.3 Å².